The van der Waals surface area contributed by atoms with E-state index in [0.29, 0.717) is 24.5 Å². The first-order valence-corrected chi connectivity index (χ1v) is 15.2. The van der Waals surface area contributed by atoms with E-state index in [9.17, 15) is 18.0 Å². The van der Waals surface area contributed by atoms with E-state index >= 15 is 0 Å². The van der Waals surface area contributed by atoms with Crippen LogP contribution in [0.4, 0.5) is 0 Å². The van der Waals surface area contributed by atoms with E-state index in [-0.39, 0.29) is 22.8 Å². The lowest BCUT2D eigenvalue weighted by molar-refractivity contribution is -0.144. The van der Waals surface area contributed by atoms with Crippen molar-refractivity contribution in [1.82, 2.24) is 24.3 Å². The molecule has 3 saturated heterocycles. The topological polar surface area (TPSA) is 93.3 Å². The molecule has 2 aromatic carbocycles. The van der Waals surface area contributed by atoms with Gasteiger partial charge in [-0.3, -0.25) is 14.5 Å². The number of nitrogens with one attached hydrogen (secondary N) is 1. The van der Waals surface area contributed by atoms with Gasteiger partial charge in [-0.15, -0.1) is 0 Å². The minimum absolute atomic E-state index is 0.0494. The van der Waals surface area contributed by atoms with Crippen molar-refractivity contribution >= 4 is 44.2 Å². The lowest BCUT2D eigenvalue weighted by Crippen LogP contribution is -2.54. The van der Waals surface area contributed by atoms with Crippen molar-refractivity contribution in [1.29, 1.82) is 0 Å². The second-order valence-corrected chi connectivity index (χ2v) is 12.9. The number of amides is 2. The van der Waals surface area contributed by atoms with E-state index in [2.05, 4.69) is 21.6 Å². The standard InChI is InChI=1S/C27H36ClN5O4S/c1-19(26(34)33-10-3-4-23(33)18-31-14-12-30(2)13-15-31)32-11-9-25(27(32)35)29-38(36,37)24-8-6-20-16-22(28)7-5-21(20)17-24/h5-8,16-17,19,23,25,29H,3-4,9-15,18H2,1-2H3/t19-,23?,25-/m0/s1. The van der Waals surface area contributed by atoms with Crippen LogP contribution in [0.1, 0.15) is 26.2 Å². The number of hydrogen-bond donors (Lipinski definition) is 1. The lowest BCUT2D eigenvalue weighted by atomic mass is 10.1. The zero-order valence-corrected chi connectivity index (χ0v) is 23.5. The van der Waals surface area contributed by atoms with Gasteiger partial charge in [0.25, 0.3) is 0 Å². The van der Waals surface area contributed by atoms with Crippen molar-refractivity contribution in [3.05, 3.63) is 41.4 Å². The fourth-order valence-corrected chi connectivity index (χ4v) is 7.27. The average molecular weight is 562 g/mol. The number of halogens is 1. The summed E-state index contributed by atoms with van der Waals surface area (Å²) in [7, 11) is -1.80. The van der Waals surface area contributed by atoms with Crippen LogP contribution in [0.5, 0.6) is 0 Å². The highest BCUT2D eigenvalue weighted by Gasteiger charge is 2.42. The number of likely N-dealkylation sites (tertiary alicyclic amines) is 2. The van der Waals surface area contributed by atoms with Crippen LogP contribution in [0.2, 0.25) is 5.02 Å². The Kier molecular flexibility index (Phi) is 7.98. The van der Waals surface area contributed by atoms with Gasteiger partial charge in [0.1, 0.15) is 12.1 Å². The summed E-state index contributed by atoms with van der Waals surface area (Å²) in [6, 6.07) is 8.67. The van der Waals surface area contributed by atoms with Crippen molar-refractivity contribution in [2.45, 2.75) is 49.2 Å². The monoisotopic (exact) mass is 561 g/mol. The molecule has 11 heteroatoms. The third kappa shape index (κ3) is 5.70. The van der Waals surface area contributed by atoms with Crippen molar-refractivity contribution in [3.63, 3.8) is 0 Å². The summed E-state index contributed by atoms with van der Waals surface area (Å²) >= 11 is 6.03. The number of piperazine rings is 1. The molecule has 2 amide bonds. The van der Waals surface area contributed by atoms with Gasteiger partial charge in [-0.2, -0.15) is 4.72 Å². The maximum absolute atomic E-state index is 13.5. The molecule has 0 saturated carbocycles. The maximum atomic E-state index is 13.5. The molecular formula is C27H36ClN5O4S. The SMILES string of the molecule is C[C@@H](C(=O)N1CCCC1CN1CCN(C)CC1)N1CC[C@H](NS(=O)(=O)c2ccc3cc(Cl)ccc3c2)C1=O. The van der Waals surface area contributed by atoms with E-state index in [4.69, 9.17) is 11.6 Å². The van der Waals surface area contributed by atoms with Gasteiger partial charge >= 0.3 is 0 Å². The van der Waals surface area contributed by atoms with Gasteiger partial charge < -0.3 is 14.7 Å². The summed E-state index contributed by atoms with van der Waals surface area (Å²) in [5, 5.41) is 2.15. The number of nitrogens with zero attached hydrogens (tertiary/aromatic N) is 4. The Labute approximate surface area is 229 Å². The predicted molar refractivity (Wildman–Crippen MR) is 148 cm³/mol. The smallest absolute Gasteiger partial charge is 0.245 e. The molecule has 3 aliphatic rings. The average Bonchev–Trinajstić information content (AvgIpc) is 3.50. The van der Waals surface area contributed by atoms with E-state index < -0.39 is 22.1 Å². The molecule has 1 unspecified atom stereocenters. The molecule has 9 nitrogen and oxygen atoms in total. The largest absolute Gasteiger partial charge is 0.337 e. The highest BCUT2D eigenvalue weighted by Crippen LogP contribution is 2.26. The molecule has 3 atom stereocenters. The fourth-order valence-electron chi connectivity index (χ4n) is 5.83. The van der Waals surface area contributed by atoms with Crippen molar-refractivity contribution < 1.29 is 18.0 Å². The molecule has 3 fully saturated rings. The second-order valence-electron chi connectivity index (χ2n) is 10.8. The zero-order chi connectivity index (χ0) is 27.0. The molecule has 2 aromatic rings. The van der Waals surface area contributed by atoms with Crippen molar-refractivity contribution in [3.8, 4) is 0 Å². The molecule has 5 rings (SSSR count). The number of sulfonamides is 1. The van der Waals surface area contributed by atoms with Crippen LogP contribution >= 0.6 is 11.6 Å². The minimum atomic E-state index is -3.93. The van der Waals surface area contributed by atoms with Crippen LogP contribution < -0.4 is 4.72 Å². The molecule has 38 heavy (non-hydrogen) atoms. The van der Waals surface area contributed by atoms with Crippen LogP contribution in [-0.2, 0) is 19.6 Å². The van der Waals surface area contributed by atoms with E-state index in [1.807, 2.05) is 4.90 Å². The molecule has 3 aliphatic heterocycles. The summed E-state index contributed by atoms with van der Waals surface area (Å²) < 4.78 is 28.8. The molecule has 1 N–H and O–H groups in total. The number of fused-ring (bicyclic) bond motifs is 1. The van der Waals surface area contributed by atoms with E-state index in [1.165, 1.54) is 11.0 Å². The van der Waals surface area contributed by atoms with Crippen LogP contribution in [0.25, 0.3) is 10.8 Å². The van der Waals surface area contributed by atoms with Gasteiger partial charge in [0.15, 0.2) is 0 Å². The maximum Gasteiger partial charge on any atom is 0.245 e. The molecule has 3 heterocycles. The Morgan fingerprint density at radius 1 is 1.03 bits per heavy atom. The number of carbonyl (C=O) groups is 2. The highest BCUT2D eigenvalue weighted by atomic mass is 35.5. The predicted octanol–water partition coefficient (Wildman–Crippen LogP) is 2.00. The highest BCUT2D eigenvalue weighted by molar-refractivity contribution is 7.89. The van der Waals surface area contributed by atoms with Gasteiger partial charge in [0.2, 0.25) is 21.8 Å². The van der Waals surface area contributed by atoms with Gasteiger partial charge in [-0.05, 0) is 68.3 Å². The number of rotatable bonds is 7. The summed E-state index contributed by atoms with van der Waals surface area (Å²) in [4.78, 5) is 35.1. The second kappa shape index (κ2) is 11.1. The van der Waals surface area contributed by atoms with Gasteiger partial charge in [0, 0.05) is 56.9 Å². The van der Waals surface area contributed by atoms with Crippen LogP contribution in [0, 0.1) is 0 Å². The number of hydrogen-bond acceptors (Lipinski definition) is 6. The van der Waals surface area contributed by atoms with Gasteiger partial charge in [-0.25, -0.2) is 8.42 Å². The molecule has 0 bridgehead atoms. The summed E-state index contributed by atoms with van der Waals surface area (Å²) in [5.74, 6) is -0.400. The Morgan fingerprint density at radius 2 is 1.74 bits per heavy atom. The normalized spacial score (nSPS) is 24.4. The Balaban J connectivity index is 1.22. The fraction of sp³-hybridized carbons (Fsp3) is 0.556. The first-order valence-electron chi connectivity index (χ1n) is 13.4. The van der Waals surface area contributed by atoms with Crippen molar-refractivity contribution in [2.75, 3.05) is 52.9 Å². The Bertz CT molecular complexity index is 1310. The number of likely N-dealkylation sites (N-methyl/N-ethyl adjacent to an activating group) is 1. The summed E-state index contributed by atoms with van der Waals surface area (Å²) in [5.41, 5.74) is 0. The van der Waals surface area contributed by atoms with Crippen LogP contribution in [-0.4, -0.2) is 111 Å². The summed E-state index contributed by atoms with van der Waals surface area (Å²) in [6.07, 6.45) is 2.26. The molecule has 206 valence electrons. The zero-order valence-electron chi connectivity index (χ0n) is 22.0. The van der Waals surface area contributed by atoms with E-state index in [1.54, 1.807) is 37.3 Å². The van der Waals surface area contributed by atoms with Gasteiger partial charge in [-0.1, -0.05) is 23.7 Å². The Morgan fingerprint density at radius 3 is 2.50 bits per heavy atom. The Hall–Kier alpha value is -2.24. The first kappa shape index (κ1) is 27.3. The molecule has 0 spiro atoms. The third-order valence-electron chi connectivity index (χ3n) is 8.17. The van der Waals surface area contributed by atoms with E-state index in [0.717, 1.165) is 56.3 Å². The number of benzene rings is 2. The summed E-state index contributed by atoms with van der Waals surface area (Å²) in [6.45, 7) is 7.73. The lowest BCUT2D eigenvalue weighted by Gasteiger charge is -2.37. The molecule has 0 aliphatic carbocycles. The molecule has 0 radical (unpaired) electrons. The first-order chi connectivity index (χ1) is 18.1. The van der Waals surface area contributed by atoms with Crippen LogP contribution in [0.3, 0.4) is 0 Å². The minimum Gasteiger partial charge on any atom is -0.337 e. The number of carbonyl (C=O) groups excluding carboxylic acids is 2. The van der Waals surface area contributed by atoms with Crippen LogP contribution in [0.15, 0.2) is 41.3 Å². The van der Waals surface area contributed by atoms with Crippen molar-refractivity contribution in [2.24, 2.45) is 0 Å². The quantitative estimate of drug-likeness (QED) is 0.556. The third-order valence-corrected chi connectivity index (χ3v) is 9.88. The molecule has 0 aromatic heterocycles. The van der Waals surface area contributed by atoms with Gasteiger partial charge in [0.05, 0.1) is 4.90 Å². The molecular weight excluding hydrogens is 526 g/mol.